The predicted molar refractivity (Wildman–Crippen MR) is 106 cm³/mol. The van der Waals surface area contributed by atoms with Crippen molar-refractivity contribution in [3.05, 3.63) is 35.4 Å². The lowest BCUT2D eigenvalue weighted by Crippen LogP contribution is -2.44. The van der Waals surface area contributed by atoms with Crippen molar-refractivity contribution >= 4 is 17.8 Å². The van der Waals surface area contributed by atoms with Gasteiger partial charge in [-0.2, -0.15) is 0 Å². The molecule has 1 N–H and O–H groups in total. The number of methoxy groups -OCH3 is 1. The Hall–Kier alpha value is -2.45. The number of hydrogen-bond acceptors (Lipinski definition) is 7. The fourth-order valence-electron chi connectivity index (χ4n) is 3.04. The zero-order chi connectivity index (χ0) is 21.2. The second kappa shape index (κ2) is 11.5. The number of ether oxygens (including phenoxy) is 3. The first kappa shape index (κ1) is 22.8. The van der Waals surface area contributed by atoms with E-state index in [1.807, 2.05) is 26.0 Å². The number of carbonyl (C=O) groups is 3. The Morgan fingerprint density at radius 2 is 1.79 bits per heavy atom. The van der Waals surface area contributed by atoms with Crippen LogP contribution < -0.4 is 5.32 Å². The second-order valence-electron chi connectivity index (χ2n) is 7.43. The van der Waals surface area contributed by atoms with Crippen LogP contribution in [0, 0.1) is 5.92 Å². The van der Waals surface area contributed by atoms with E-state index < -0.39 is 30.5 Å². The van der Waals surface area contributed by atoms with Crippen molar-refractivity contribution in [3.63, 3.8) is 0 Å². The van der Waals surface area contributed by atoms with Crippen LogP contribution in [0.25, 0.3) is 0 Å². The summed E-state index contributed by atoms with van der Waals surface area (Å²) in [7, 11) is 1.27. The summed E-state index contributed by atoms with van der Waals surface area (Å²) in [6, 6.07) is 6.37. The zero-order valence-corrected chi connectivity index (χ0v) is 17.3. The molecule has 0 aromatic heterocycles. The molecule has 1 amide bonds. The molecule has 29 heavy (non-hydrogen) atoms. The molecular formula is C21H30N2O6. The van der Waals surface area contributed by atoms with Gasteiger partial charge in [0.05, 0.1) is 25.9 Å². The molecule has 1 aromatic carbocycles. The van der Waals surface area contributed by atoms with Gasteiger partial charge in [0.15, 0.2) is 6.61 Å². The summed E-state index contributed by atoms with van der Waals surface area (Å²) in [5.74, 6) is -1.46. The van der Waals surface area contributed by atoms with Crippen molar-refractivity contribution in [1.82, 2.24) is 10.2 Å². The third-order valence-corrected chi connectivity index (χ3v) is 4.56. The standard InChI is InChI=1S/C21H30N2O6/c1-15(2)12-18(21(26)27-3)22-19(24)14-29-20(25)17-6-4-16(5-7-17)13-23-8-10-28-11-9-23/h4-7,15,18H,8-14H2,1-3H3,(H,22,24)/t18-/m0/s1. The molecule has 1 heterocycles. The molecule has 1 atom stereocenters. The Labute approximate surface area is 171 Å². The summed E-state index contributed by atoms with van der Waals surface area (Å²) in [5, 5.41) is 2.55. The molecule has 0 unspecified atom stereocenters. The highest BCUT2D eigenvalue weighted by atomic mass is 16.5. The SMILES string of the molecule is COC(=O)[C@H](CC(C)C)NC(=O)COC(=O)c1ccc(CN2CCOCC2)cc1. The van der Waals surface area contributed by atoms with Crippen molar-refractivity contribution in [3.8, 4) is 0 Å². The summed E-state index contributed by atoms with van der Waals surface area (Å²) < 4.78 is 15.1. The zero-order valence-electron chi connectivity index (χ0n) is 17.3. The van der Waals surface area contributed by atoms with E-state index >= 15 is 0 Å². The predicted octanol–water partition coefficient (Wildman–Crippen LogP) is 1.38. The Kier molecular flexibility index (Phi) is 9.08. The van der Waals surface area contributed by atoms with E-state index in [-0.39, 0.29) is 5.92 Å². The third kappa shape index (κ3) is 7.83. The summed E-state index contributed by atoms with van der Waals surface area (Å²) in [5.41, 5.74) is 1.46. The number of hydrogen-bond donors (Lipinski definition) is 1. The molecule has 1 aliphatic heterocycles. The van der Waals surface area contributed by atoms with Crippen molar-refractivity contribution in [1.29, 1.82) is 0 Å². The Bertz CT molecular complexity index is 683. The molecule has 1 aliphatic rings. The molecule has 160 valence electrons. The van der Waals surface area contributed by atoms with Gasteiger partial charge in [-0.25, -0.2) is 9.59 Å². The van der Waals surface area contributed by atoms with Crippen LogP contribution in [0.2, 0.25) is 0 Å². The average Bonchev–Trinajstić information content (AvgIpc) is 2.72. The quantitative estimate of drug-likeness (QED) is 0.619. The second-order valence-corrected chi connectivity index (χ2v) is 7.43. The lowest BCUT2D eigenvalue weighted by atomic mass is 10.0. The van der Waals surface area contributed by atoms with E-state index in [1.54, 1.807) is 12.1 Å². The summed E-state index contributed by atoms with van der Waals surface area (Å²) in [4.78, 5) is 38.3. The smallest absolute Gasteiger partial charge is 0.338 e. The van der Waals surface area contributed by atoms with Gasteiger partial charge in [0, 0.05) is 19.6 Å². The molecule has 8 nitrogen and oxygen atoms in total. The van der Waals surface area contributed by atoms with Crippen molar-refractivity contribution < 1.29 is 28.6 Å². The minimum absolute atomic E-state index is 0.193. The van der Waals surface area contributed by atoms with Crippen LogP contribution >= 0.6 is 0 Å². The fourth-order valence-corrected chi connectivity index (χ4v) is 3.04. The Morgan fingerprint density at radius 1 is 1.14 bits per heavy atom. The van der Waals surface area contributed by atoms with Crippen LogP contribution in [0.4, 0.5) is 0 Å². The molecule has 0 radical (unpaired) electrons. The number of rotatable bonds is 9. The van der Waals surface area contributed by atoms with E-state index in [0.717, 1.165) is 38.4 Å². The first-order valence-electron chi connectivity index (χ1n) is 9.82. The largest absolute Gasteiger partial charge is 0.467 e. The van der Waals surface area contributed by atoms with Gasteiger partial charge in [-0.05, 0) is 30.0 Å². The number of benzene rings is 1. The lowest BCUT2D eigenvalue weighted by molar-refractivity contribution is -0.145. The van der Waals surface area contributed by atoms with Gasteiger partial charge >= 0.3 is 11.9 Å². The van der Waals surface area contributed by atoms with E-state index in [1.165, 1.54) is 7.11 Å². The summed E-state index contributed by atoms with van der Waals surface area (Å²) in [6.07, 6.45) is 0.441. The highest BCUT2D eigenvalue weighted by Gasteiger charge is 2.23. The number of nitrogens with one attached hydrogen (secondary N) is 1. The number of esters is 2. The van der Waals surface area contributed by atoms with E-state index in [0.29, 0.717) is 12.0 Å². The molecule has 1 fully saturated rings. The van der Waals surface area contributed by atoms with E-state index in [2.05, 4.69) is 10.2 Å². The van der Waals surface area contributed by atoms with Gasteiger partial charge in [-0.15, -0.1) is 0 Å². The van der Waals surface area contributed by atoms with Gasteiger partial charge < -0.3 is 19.5 Å². The van der Waals surface area contributed by atoms with Crippen LogP contribution in [0.1, 0.15) is 36.2 Å². The Morgan fingerprint density at radius 3 is 2.38 bits per heavy atom. The number of morpholine rings is 1. The van der Waals surface area contributed by atoms with Gasteiger partial charge in [-0.3, -0.25) is 9.69 Å². The van der Waals surface area contributed by atoms with Gasteiger partial charge in [0.1, 0.15) is 6.04 Å². The third-order valence-electron chi connectivity index (χ3n) is 4.56. The van der Waals surface area contributed by atoms with Crippen LogP contribution in [-0.4, -0.2) is 68.8 Å². The number of carbonyl (C=O) groups excluding carboxylic acids is 3. The summed E-state index contributed by atoms with van der Waals surface area (Å²) in [6.45, 7) is 7.47. The van der Waals surface area contributed by atoms with Crippen molar-refractivity contribution in [2.75, 3.05) is 40.0 Å². The molecular weight excluding hydrogens is 376 g/mol. The topological polar surface area (TPSA) is 94.2 Å². The van der Waals surface area contributed by atoms with E-state index in [9.17, 15) is 14.4 Å². The molecule has 1 aromatic rings. The van der Waals surface area contributed by atoms with Gasteiger partial charge in [0.25, 0.3) is 5.91 Å². The molecule has 1 saturated heterocycles. The van der Waals surface area contributed by atoms with E-state index in [4.69, 9.17) is 14.2 Å². The van der Waals surface area contributed by atoms with Gasteiger partial charge in [-0.1, -0.05) is 26.0 Å². The van der Waals surface area contributed by atoms with Gasteiger partial charge in [0.2, 0.25) is 0 Å². The number of amides is 1. The maximum Gasteiger partial charge on any atom is 0.338 e. The average molecular weight is 406 g/mol. The van der Waals surface area contributed by atoms with Crippen molar-refractivity contribution in [2.45, 2.75) is 32.9 Å². The molecule has 0 aliphatic carbocycles. The minimum Gasteiger partial charge on any atom is -0.467 e. The van der Waals surface area contributed by atoms with Crippen LogP contribution in [0.3, 0.4) is 0 Å². The summed E-state index contributed by atoms with van der Waals surface area (Å²) >= 11 is 0. The monoisotopic (exact) mass is 406 g/mol. The molecule has 8 heteroatoms. The Balaban J connectivity index is 1.81. The maximum absolute atomic E-state index is 12.2. The first-order chi connectivity index (χ1) is 13.9. The normalized spacial score (nSPS) is 15.6. The molecule has 0 saturated carbocycles. The lowest BCUT2D eigenvalue weighted by Gasteiger charge is -2.26. The maximum atomic E-state index is 12.2. The van der Waals surface area contributed by atoms with Crippen LogP contribution in [-0.2, 0) is 30.3 Å². The van der Waals surface area contributed by atoms with Crippen molar-refractivity contribution in [2.24, 2.45) is 5.92 Å². The number of nitrogens with zero attached hydrogens (tertiary/aromatic N) is 1. The molecule has 2 rings (SSSR count). The highest BCUT2D eigenvalue weighted by Crippen LogP contribution is 2.10. The minimum atomic E-state index is -0.759. The van der Waals surface area contributed by atoms with Crippen LogP contribution in [0.15, 0.2) is 24.3 Å². The van der Waals surface area contributed by atoms with Crippen LogP contribution in [0.5, 0.6) is 0 Å². The molecule has 0 bridgehead atoms. The first-order valence-corrected chi connectivity index (χ1v) is 9.82. The highest BCUT2D eigenvalue weighted by molar-refractivity contribution is 5.92. The molecule has 0 spiro atoms. The fraction of sp³-hybridized carbons (Fsp3) is 0.571.